The minimum Gasteiger partial charge on any atom is -0.494 e. The van der Waals surface area contributed by atoms with Gasteiger partial charge in [0.25, 0.3) is 5.91 Å². The monoisotopic (exact) mass is 521 g/mol. The topological polar surface area (TPSA) is 99.3 Å². The van der Waals surface area contributed by atoms with Crippen LogP contribution >= 0.6 is 11.6 Å². The summed E-state index contributed by atoms with van der Waals surface area (Å²) in [6, 6.07) is 7.61. The van der Waals surface area contributed by atoms with Crippen molar-refractivity contribution in [2.24, 2.45) is 0 Å². The summed E-state index contributed by atoms with van der Waals surface area (Å²) in [5.41, 5.74) is 5.76. The van der Waals surface area contributed by atoms with E-state index in [0.717, 1.165) is 67.0 Å². The van der Waals surface area contributed by atoms with Gasteiger partial charge in [0.1, 0.15) is 5.75 Å². The number of fused-ring (bicyclic) bond motifs is 1. The molecule has 0 bridgehead atoms. The summed E-state index contributed by atoms with van der Waals surface area (Å²) >= 11 is 6.39. The molecule has 1 saturated heterocycles. The number of hydrogen-bond acceptors (Lipinski definition) is 5. The number of ether oxygens (including phenoxy) is 1. The van der Waals surface area contributed by atoms with Crippen molar-refractivity contribution in [1.29, 1.82) is 0 Å². The molecule has 0 unspecified atom stereocenters. The molecule has 2 aromatic heterocycles. The summed E-state index contributed by atoms with van der Waals surface area (Å²) in [6.45, 7) is 7.92. The molecule has 4 heterocycles. The Morgan fingerprint density at radius 2 is 2.08 bits per heavy atom. The third-order valence-electron chi connectivity index (χ3n) is 6.56. The van der Waals surface area contributed by atoms with E-state index in [1.165, 1.54) is 6.08 Å². The van der Waals surface area contributed by atoms with E-state index < -0.39 is 0 Å². The second-order valence-corrected chi connectivity index (χ2v) is 9.20. The molecule has 0 saturated carbocycles. The number of methoxy groups -OCH3 is 1. The van der Waals surface area contributed by atoms with Gasteiger partial charge in [0.2, 0.25) is 5.91 Å². The van der Waals surface area contributed by atoms with Crippen LogP contribution in [0.5, 0.6) is 5.75 Å². The van der Waals surface area contributed by atoms with Gasteiger partial charge in [-0.1, -0.05) is 31.2 Å². The molecule has 2 aliphatic rings. The molecular formula is C28H32ClN5O3. The normalized spacial score (nSPS) is 14.2. The highest BCUT2D eigenvalue weighted by Crippen LogP contribution is 2.41. The molecular weight excluding hydrogens is 490 g/mol. The Labute approximate surface area is 222 Å². The van der Waals surface area contributed by atoms with Crippen molar-refractivity contribution < 1.29 is 14.3 Å². The maximum atomic E-state index is 12.7. The highest BCUT2D eigenvalue weighted by atomic mass is 35.5. The first-order valence-electron chi connectivity index (χ1n) is 12.5. The molecule has 0 atom stereocenters. The van der Waals surface area contributed by atoms with Gasteiger partial charge in [0, 0.05) is 54.2 Å². The fourth-order valence-electron chi connectivity index (χ4n) is 4.69. The van der Waals surface area contributed by atoms with E-state index in [1.807, 2.05) is 29.2 Å². The number of nitrogens with zero attached hydrogens (tertiary/aromatic N) is 2. The molecule has 0 aliphatic carbocycles. The zero-order valence-corrected chi connectivity index (χ0v) is 22.0. The number of H-pyrrole nitrogens is 1. The van der Waals surface area contributed by atoms with Gasteiger partial charge in [-0.2, -0.15) is 0 Å². The van der Waals surface area contributed by atoms with Crippen molar-refractivity contribution in [3.05, 3.63) is 71.2 Å². The second-order valence-electron chi connectivity index (χ2n) is 8.79. The Bertz CT molecular complexity index is 1300. The first-order chi connectivity index (χ1) is 18.0. The number of nitrogens with one attached hydrogen (secondary N) is 3. The predicted molar refractivity (Wildman–Crippen MR) is 147 cm³/mol. The fraction of sp³-hybridized carbons (Fsp3) is 0.321. The van der Waals surface area contributed by atoms with Crippen LogP contribution in [0.1, 0.15) is 41.4 Å². The minimum absolute atomic E-state index is 0.0764. The Hall–Kier alpha value is -3.78. The number of benzene rings is 1. The number of pyridine rings is 1. The van der Waals surface area contributed by atoms with E-state index in [4.69, 9.17) is 16.3 Å². The van der Waals surface area contributed by atoms with Crippen LogP contribution in [-0.2, 0) is 17.6 Å². The van der Waals surface area contributed by atoms with Crippen LogP contribution in [0.4, 0.5) is 11.4 Å². The summed E-state index contributed by atoms with van der Waals surface area (Å²) in [6.07, 6.45) is 8.56. The van der Waals surface area contributed by atoms with Crippen LogP contribution in [0, 0.1) is 0 Å². The van der Waals surface area contributed by atoms with E-state index in [2.05, 4.69) is 34.1 Å². The number of likely N-dealkylation sites (tertiary alicyclic amines) is 1. The fourth-order valence-corrected chi connectivity index (χ4v) is 5.00. The number of carbonyl (C=O) groups is 2. The van der Waals surface area contributed by atoms with Crippen LogP contribution in [0.25, 0.3) is 11.3 Å². The molecule has 1 fully saturated rings. The molecule has 37 heavy (non-hydrogen) atoms. The van der Waals surface area contributed by atoms with Crippen molar-refractivity contribution in [2.45, 2.75) is 32.6 Å². The molecule has 194 valence electrons. The van der Waals surface area contributed by atoms with Crippen molar-refractivity contribution in [3.63, 3.8) is 0 Å². The standard InChI is InChI=1S/C21H21ClN4O2.C7H11NO/c1-3-12-14(22)5-4-6-15(12)25-20-18-16(8-10-24-21(18)27)26-19(20)13-7-9-23-11-17(13)28-2;1-2-7(9)8-5-3-4-6-8/h4-7,9,11,25-26H,3,8,10H2,1-2H3,(H,24,27);2H,1,3-6H2. The first-order valence-corrected chi connectivity index (χ1v) is 12.8. The summed E-state index contributed by atoms with van der Waals surface area (Å²) in [5.74, 6) is 0.609. The molecule has 5 rings (SSSR count). The van der Waals surface area contributed by atoms with Gasteiger partial charge in [0.05, 0.1) is 30.3 Å². The summed E-state index contributed by atoms with van der Waals surface area (Å²) < 4.78 is 5.50. The summed E-state index contributed by atoms with van der Waals surface area (Å²) in [5, 5.41) is 7.10. The van der Waals surface area contributed by atoms with Gasteiger partial charge in [-0.05, 0) is 49.1 Å². The Morgan fingerprint density at radius 3 is 2.78 bits per heavy atom. The Morgan fingerprint density at radius 1 is 1.30 bits per heavy atom. The Balaban J connectivity index is 0.000000301. The number of rotatable bonds is 6. The van der Waals surface area contributed by atoms with E-state index in [1.54, 1.807) is 19.5 Å². The highest BCUT2D eigenvalue weighted by Gasteiger charge is 2.28. The zero-order valence-electron chi connectivity index (χ0n) is 21.2. The lowest BCUT2D eigenvalue weighted by atomic mass is 10.0. The van der Waals surface area contributed by atoms with Crippen LogP contribution in [0.15, 0.2) is 49.3 Å². The van der Waals surface area contributed by atoms with Crippen molar-refractivity contribution >= 4 is 34.8 Å². The van der Waals surface area contributed by atoms with Gasteiger partial charge in [-0.15, -0.1) is 0 Å². The molecule has 9 heteroatoms. The SMILES string of the molecule is C=CC(=O)N1CCCC1.CCc1c(Cl)cccc1Nc1c(-c2ccncc2OC)[nH]c2c1C(=O)NCC2. The average Bonchev–Trinajstić information content (AvgIpc) is 3.58. The molecule has 0 spiro atoms. The number of anilines is 2. The number of hydrogen-bond donors (Lipinski definition) is 3. The van der Waals surface area contributed by atoms with E-state index in [-0.39, 0.29) is 11.8 Å². The van der Waals surface area contributed by atoms with Crippen molar-refractivity contribution in [2.75, 3.05) is 32.1 Å². The van der Waals surface area contributed by atoms with E-state index in [9.17, 15) is 9.59 Å². The summed E-state index contributed by atoms with van der Waals surface area (Å²) in [4.78, 5) is 32.9. The average molecular weight is 522 g/mol. The smallest absolute Gasteiger partial charge is 0.255 e. The maximum absolute atomic E-state index is 12.7. The lowest BCUT2D eigenvalue weighted by molar-refractivity contribution is -0.124. The van der Waals surface area contributed by atoms with Crippen LogP contribution < -0.4 is 15.4 Å². The van der Waals surface area contributed by atoms with Crippen molar-refractivity contribution in [1.82, 2.24) is 20.2 Å². The van der Waals surface area contributed by atoms with Gasteiger partial charge >= 0.3 is 0 Å². The third kappa shape index (κ3) is 5.64. The molecule has 0 radical (unpaired) electrons. The molecule has 1 aromatic carbocycles. The molecule has 8 nitrogen and oxygen atoms in total. The number of amides is 2. The van der Waals surface area contributed by atoms with Crippen molar-refractivity contribution in [3.8, 4) is 17.0 Å². The lowest BCUT2D eigenvalue weighted by Crippen LogP contribution is -2.31. The predicted octanol–water partition coefficient (Wildman–Crippen LogP) is 5.13. The van der Waals surface area contributed by atoms with Gasteiger partial charge in [-0.25, -0.2) is 0 Å². The zero-order chi connectivity index (χ0) is 26.4. The van der Waals surface area contributed by atoms with Crippen LogP contribution in [0.2, 0.25) is 5.02 Å². The van der Waals surface area contributed by atoms with E-state index >= 15 is 0 Å². The van der Waals surface area contributed by atoms with Gasteiger partial charge in [0.15, 0.2) is 0 Å². The highest BCUT2D eigenvalue weighted by molar-refractivity contribution is 6.31. The quantitative estimate of drug-likeness (QED) is 0.391. The number of aromatic nitrogens is 2. The number of carbonyl (C=O) groups excluding carboxylic acids is 2. The molecule has 2 amide bonds. The number of halogens is 1. The third-order valence-corrected chi connectivity index (χ3v) is 6.92. The first kappa shape index (κ1) is 26.3. The van der Waals surface area contributed by atoms with E-state index in [0.29, 0.717) is 28.6 Å². The molecule has 2 aliphatic heterocycles. The molecule has 3 N–H and O–H groups in total. The van der Waals surface area contributed by atoms with Crippen LogP contribution in [0.3, 0.4) is 0 Å². The lowest BCUT2D eigenvalue weighted by Gasteiger charge is -2.17. The van der Waals surface area contributed by atoms with Gasteiger partial charge < -0.3 is 25.3 Å². The largest absolute Gasteiger partial charge is 0.494 e. The van der Waals surface area contributed by atoms with Crippen LogP contribution in [-0.4, -0.2) is 53.4 Å². The maximum Gasteiger partial charge on any atom is 0.255 e. The minimum atomic E-state index is -0.0978. The Kier molecular flexibility index (Phi) is 8.50. The second kappa shape index (κ2) is 12.0. The summed E-state index contributed by atoms with van der Waals surface area (Å²) in [7, 11) is 1.61. The number of aromatic amines is 1. The molecule has 3 aromatic rings. The van der Waals surface area contributed by atoms with Gasteiger partial charge in [-0.3, -0.25) is 14.6 Å².